The van der Waals surface area contributed by atoms with Crippen molar-refractivity contribution in [3.63, 3.8) is 0 Å². The summed E-state index contributed by atoms with van der Waals surface area (Å²) in [6, 6.07) is 14.7. The van der Waals surface area contributed by atoms with Crippen LogP contribution in [0.5, 0.6) is 0 Å². The molecule has 2 aliphatic carbocycles. The van der Waals surface area contributed by atoms with E-state index in [2.05, 4.69) is 35.9 Å². The van der Waals surface area contributed by atoms with Crippen LogP contribution in [0.25, 0.3) is 5.00 Å². The van der Waals surface area contributed by atoms with Gasteiger partial charge in [-0.15, -0.1) is 22.7 Å². The number of carbonyl (C=O) groups is 1. The number of thiophene rings is 2. The maximum atomic E-state index is 13.4. The van der Waals surface area contributed by atoms with Gasteiger partial charge >= 0.3 is 0 Å². The summed E-state index contributed by atoms with van der Waals surface area (Å²) in [4.78, 5) is 21.0. The minimum Gasteiger partial charge on any atom is -0.348 e. The lowest BCUT2D eigenvalue weighted by Crippen LogP contribution is -2.24. The first-order valence-electron chi connectivity index (χ1n) is 13.8. The Morgan fingerprint density at radius 1 is 1.03 bits per heavy atom. The van der Waals surface area contributed by atoms with E-state index >= 15 is 0 Å². The molecule has 0 unspecified atom stereocenters. The average molecular weight is 553 g/mol. The van der Waals surface area contributed by atoms with Crippen molar-refractivity contribution in [1.29, 1.82) is 5.26 Å². The fourth-order valence-corrected chi connectivity index (χ4v) is 8.61. The molecule has 1 amide bonds. The Kier molecular flexibility index (Phi) is 7.24. The molecule has 0 bridgehead atoms. The van der Waals surface area contributed by atoms with Gasteiger partial charge in [0.25, 0.3) is 5.91 Å². The van der Waals surface area contributed by atoms with E-state index in [4.69, 9.17) is 4.99 Å². The van der Waals surface area contributed by atoms with Crippen molar-refractivity contribution >= 4 is 39.8 Å². The van der Waals surface area contributed by atoms with Gasteiger partial charge in [-0.25, -0.2) is 4.99 Å². The van der Waals surface area contributed by atoms with Crippen LogP contribution in [0.4, 0.5) is 5.00 Å². The van der Waals surface area contributed by atoms with Crippen molar-refractivity contribution in [1.82, 2.24) is 9.88 Å². The summed E-state index contributed by atoms with van der Waals surface area (Å²) in [6.45, 7) is 4.69. The third kappa shape index (κ3) is 4.88. The van der Waals surface area contributed by atoms with E-state index in [0.29, 0.717) is 6.54 Å². The zero-order chi connectivity index (χ0) is 26.9. The van der Waals surface area contributed by atoms with Gasteiger partial charge in [0.15, 0.2) is 0 Å². The Morgan fingerprint density at radius 2 is 1.72 bits per heavy atom. The number of amides is 1. The van der Waals surface area contributed by atoms with E-state index in [1.165, 1.54) is 27.3 Å². The number of fused-ring (bicyclic) bond motifs is 2. The zero-order valence-corrected chi connectivity index (χ0v) is 24.1. The first-order chi connectivity index (χ1) is 19.0. The van der Waals surface area contributed by atoms with Crippen LogP contribution in [-0.2, 0) is 32.2 Å². The molecule has 0 saturated carbocycles. The summed E-state index contributed by atoms with van der Waals surface area (Å²) in [5.41, 5.74) is 8.28. The lowest BCUT2D eigenvalue weighted by atomic mass is 9.95. The summed E-state index contributed by atoms with van der Waals surface area (Å²) in [6.07, 6.45) is 10.6. The molecule has 4 aromatic rings. The van der Waals surface area contributed by atoms with Crippen LogP contribution in [0.1, 0.15) is 85.0 Å². The fraction of sp³-hybridized carbons (Fsp3) is 0.344. The molecular formula is C32H32N4OS2. The van der Waals surface area contributed by atoms with Gasteiger partial charge < -0.3 is 9.88 Å². The van der Waals surface area contributed by atoms with Crippen LogP contribution < -0.4 is 5.32 Å². The van der Waals surface area contributed by atoms with Crippen LogP contribution in [0.2, 0.25) is 0 Å². The summed E-state index contributed by atoms with van der Waals surface area (Å²) < 4.78 is 2.22. The molecule has 0 spiro atoms. The van der Waals surface area contributed by atoms with Gasteiger partial charge in [0.05, 0.1) is 11.1 Å². The molecule has 0 radical (unpaired) electrons. The SMILES string of the molecule is Cc1cc(C=Nc2sc3c(c2C(=O)NCc2ccccc2)CCCC3)c(C)n1-c1sc2c(c1C#N)CCCC2. The second-order valence-electron chi connectivity index (χ2n) is 10.5. The van der Waals surface area contributed by atoms with E-state index < -0.39 is 0 Å². The standard InChI is InChI=1S/C32H32N4OS2/c1-20-16-23(21(2)36(20)32-26(17-33)24-12-6-8-14-27(24)39-32)19-35-31-29(25-13-7-9-15-28(25)38-31)30(37)34-18-22-10-4-3-5-11-22/h3-5,10-11,16,19H,6-9,12-15,18H2,1-2H3,(H,34,37). The highest BCUT2D eigenvalue weighted by Gasteiger charge is 2.26. The van der Waals surface area contributed by atoms with E-state index in [9.17, 15) is 10.1 Å². The zero-order valence-electron chi connectivity index (χ0n) is 22.5. The van der Waals surface area contributed by atoms with E-state index in [1.807, 2.05) is 36.5 Å². The Morgan fingerprint density at radius 3 is 2.46 bits per heavy atom. The predicted molar refractivity (Wildman–Crippen MR) is 160 cm³/mol. The van der Waals surface area contributed by atoms with Gasteiger partial charge in [0, 0.05) is 39.5 Å². The normalized spacial score (nSPS) is 14.7. The quantitative estimate of drug-likeness (QED) is 0.251. The first kappa shape index (κ1) is 25.8. The number of nitrogens with zero attached hydrogens (tertiary/aromatic N) is 3. The van der Waals surface area contributed by atoms with Crippen LogP contribution in [0, 0.1) is 25.2 Å². The number of aromatic nitrogens is 1. The van der Waals surface area contributed by atoms with Crippen molar-refractivity contribution in [2.75, 3.05) is 0 Å². The van der Waals surface area contributed by atoms with Crippen molar-refractivity contribution in [3.05, 3.63) is 90.9 Å². The van der Waals surface area contributed by atoms with Gasteiger partial charge in [-0.3, -0.25) is 4.79 Å². The summed E-state index contributed by atoms with van der Waals surface area (Å²) in [5, 5.41) is 15.0. The maximum Gasteiger partial charge on any atom is 0.254 e. The van der Waals surface area contributed by atoms with Crippen molar-refractivity contribution in [3.8, 4) is 11.1 Å². The van der Waals surface area contributed by atoms with Crippen molar-refractivity contribution in [2.24, 2.45) is 4.99 Å². The molecule has 3 aromatic heterocycles. The molecule has 2 aliphatic rings. The molecule has 1 aromatic carbocycles. The number of carbonyl (C=O) groups excluding carboxylic acids is 1. The van der Waals surface area contributed by atoms with Gasteiger partial charge in [0.1, 0.15) is 16.1 Å². The fourth-order valence-electron chi connectivity index (χ4n) is 5.93. The second kappa shape index (κ2) is 11.0. The number of benzene rings is 1. The highest BCUT2D eigenvalue weighted by molar-refractivity contribution is 7.16. The van der Waals surface area contributed by atoms with Crippen LogP contribution >= 0.6 is 22.7 Å². The number of rotatable bonds is 6. The number of hydrogen-bond donors (Lipinski definition) is 1. The molecule has 0 aliphatic heterocycles. The highest BCUT2D eigenvalue weighted by Crippen LogP contribution is 2.41. The van der Waals surface area contributed by atoms with Gasteiger partial charge in [-0.2, -0.15) is 5.26 Å². The first-order valence-corrected chi connectivity index (χ1v) is 15.4. The topological polar surface area (TPSA) is 70.2 Å². The van der Waals surface area contributed by atoms with Crippen LogP contribution in [0.3, 0.4) is 0 Å². The second-order valence-corrected chi connectivity index (χ2v) is 12.6. The molecule has 198 valence electrons. The number of aliphatic imine (C=N–C) groups is 1. The molecular weight excluding hydrogens is 521 g/mol. The van der Waals surface area contributed by atoms with Crippen LogP contribution in [-0.4, -0.2) is 16.7 Å². The Hall–Kier alpha value is -3.47. The van der Waals surface area contributed by atoms with Gasteiger partial charge in [-0.1, -0.05) is 30.3 Å². The summed E-state index contributed by atoms with van der Waals surface area (Å²) >= 11 is 3.43. The van der Waals surface area contributed by atoms with Gasteiger partial charge in [0.2, 0.25) is 0 Å². The minimum absolute atomic E-state index is 0.0429. The molecule has 0 saturated heterocycles. The molecule has 1 N–H and O–H groups in total. The van der Waals surface area contributed by atoms with E-state index in [1.54, 1.807) is 22.7 Å². The van der Waals surface area contributed by atoms with Gasteiger partial charge in [-0.05, 0) is 88.0 Å². The number of nitrogens with one attached hydrogen (secondary N) is 1. The number of hydrogen-bond acceptors (Lipinski definition) is 5. The lowest BCUT2D eigenvalue weighted by molar-refractivity contribution is 0.0951. The maximum absolute atomic E-state index is 13.4. The third-order valence-electron chi connectivity index (χ3n) is 7.93. The molecule has 0 atom stereocenters. The molecule has 39 heavy (non-hydrogen) atoms. The van der Waals surface area contributed by atoms with Crippen molar-refractivity contribution < 1.29 is 4.79 Å². The molecule has 5 nitrogen and oxygen atoms in total. The number of aryl methyl sites for hydroxylation is 3. The molecule has 3 heterocycles. The molecule has 6 rings (SSSR count). The minimum atomic E-state index is -0.0429. The Bertz CT molecular complexity index is 1610. The monoisotopic (exact) mass is 552 g/mol. The average Bonchev–Trinajstić information content (AvgIpc) is 3.60. The van der Waals surface area contributed by atoms with Crippen molar-refractivity contribution in [2.45, 2.75) is 71.8 Å². The number of nitriles is 1. The molecule has 7 heteroatoms. The van der Waals surface area contributed by atoms with E-state index in [-0.39, 0.29) is 5.91 Å². The summed E-state index contributed by atoms with van der Waals surface area (Å²) in [7, 11) is 0. The smallest absolute Gasteiger partial charge is 0.254 e. The molecule has 0 fully saturated rings. The third-order valence-corrected chi connectivity index (χ3v) is 10.4. The predicted octanol–water partition coefficient (Wildman–Crippen LogP) is 7.53. The highest BCUT2D eigenvalue weighted by atomic mass is 32.1. The Labute approximate surface area is 237 Å². The lowest BCUT2D eigenvalue weighted by Gasteiger charge is -2.12. The van der Waals surface area contributed by atoms with Crippen LogP contribution in [0.15, 0.2) is 41.4 Å². The van der Waals surface area contributed by atoms with E-state index in [0.717, 1.165) is 88.6 Å². The summed E-state index contributed by atoms with van der Waals surface area (Å²) in [5.74, 6) is -0.0429. The largest absolute Gasteiger partial charge is 0.348 e. The Balaban J connectivity index is 1.33.